The van der Waals surface area contributed by atoms with Crippen LogP contribution in [0.15, 0.2) is 24.3 Å². The molecule has 0 saturated heterocycles. The number of rotatable bonds is 2. The van der Waals surface area contributed by atoms with E-state index in [1.807, 2.05) is 0 Å². The number of ether oxygens (including phenoxy) is 1. The second kappa shape index (κ2) is 3.47. The van der Waals surface area contributed by atoms with Crippen LogP contribution in [0, 0.1) is 0 Å². The van der Waals surface area contributed by atoms with Gasteiger partial charge in [0.1, 0.15) is 5.75 Å². The minimum atomic E-state index is -1.82. The maximum Gasteiger partial charge on any atom is 0.119 e. The first kappa shape index (κ1) is 5.03. The van der Waals surface area contributed by atoms with E-state index in [1.165, 1.54) is 7.11 Å². The van der Waals surface area contributed by atoms with Gasteiger partial charge >= 0.3 is 0 Å². The Morgan fingerprint density at radius 1 is 1.70 bits per heavy atom. The summed E-state index contributed by atoms with van der Waals surface area (Å²) in [5.74, 6) is -1.22. The zero-order valence-corrected chi connectivity index (χ0v) is 6.35. The highest BCUT2D eigenvalue weighted by Crippen LogP contribution is 2.13. The van der Waals surface area contributed by atoms with Crippen molar-refractivity contribution in [3.05, 3.63) is 29.8 Å². The molecule has 0 aromatic heterocycles. The monoisotopic (exact) mass is 158 g/mol. The van der Waals surface area contributed by atoms with Gasteiger partial charge in [-0.15, -0.1) is 11.6 Å². The summed E-state index contributed by atoms with van der Waals surface area (Å²) in [6.07, 6.45) is 0. The fourth-order valence-corrected chi connectivity index (χ4v) is 0.799. The van der Waals surface area contributed by atoms with Gasteiger partial charge in [0.05, 0.1) is 7.11 Å². The van der Waals surface area contributed by atoms with E-state index in [0.717, 1.165) is 0 Å². The topological polar surface area (TPSA) is 9.23 Å². The van der Waals surface area contributed by atoms with Gasteiger partial charge in [0.25, 0.3) is 0 Å². The molecule has 0 saturated carbocycles. The lowest BCUT2D eigenvalue weighted by atomic mass is 10.2. The van der Waals surface area contributed by atoms with Crippen LogP contribution in [0.3, 0.4) is 0 Å². The van der Waals surface area contributed by atoms with Crippen molar-refractivity contribution in [1.82, 2.24) is 0 Å². The first-order valence-corrected chi connectivity index (χ1v) is 3.25. The number of methoxy groups -OCH3 is 1. The Morgan fingerprint density at radius 2 is 2.50 bits per heavy atom. The van der Waals surface area contributed by atoms with Gasteiger partial charge in [-0.2, -0.15) is 0 Å². The van der Waals surface area contributed by atoms with Crippen LogP contribution in [0.4, 0.5) is 0 Å². The maximum absolute atomic E-state index is 7.22. The molecule has 0 bridgehead atoms. The third-order valence-electron chi connectivity index (χ3n) is 1.18. The Morgan fingerprint density at radius 3 is 3.10 bits per heavy atom. The normalized spacial score (nSPS) is 13.8. The highest BCUT2D eigenvalue weighted by atomic mass is 35.5. The molecule has 1 rings (SSSR count). The molecule has 2 heteroatoms. The predicted octanol–water partition coefficient (Wildman–Crippen LogP) is 2.43. The lowest BCUT2D eigenvalue weighted by Crippen LogP contribution is -1.83. The Balaban J connectivity index is 3.02. The largest absolute Gasteiger partial charge is 0.497 e. The average molecular weight is 159 g/mol. The van der Waals surface area contributed by atoms with Crippen LogP contribution in [0.1, 0.15) is 8.30 Å². The van der Waals surface area contributed by atoms with Gasteiger partial charge in [0.15, 0.2) is 0 Å². The highest BCUT2D eigenvalue weighted by molar-refractivity contribution is 6.17. The molecule has 10 heavy (non-hydrogen) atoms. The summed E-state index contributed by atoms with van der Waals surface area (Å²) in [7, 11) is 1.53. The molecular weight excluding hydrogens is 148 g/mol. The van der Waals surface area contributed by atoms with E-state index < -0.39 is 5.83 Å². The number of hydrogen-bond acceptors (Lipinski definition) is 1. The second-order valence-electron chi connectivity index (χ2n) is 1.83. The summed E-state index contributed by atoms with van der Waals surface area (Å²) >= 11 is 5.47. The molecule has 0 aliphatic carbocycles. The zero-order chi connectivity index (χ0) is 9.19. The number of hydrogen-bond donors (Lipinski definition) is 0. The first-order valence-electron chi connectivity index (χ1n) is 3.87. The molecule has 0 spiro atoms. The van der Waals surface area contributed by atoms with Gasteiger partial charge in [0, 0.05) is 8.57 Å². The Labute approximate surface area is 68.4 Å². The van der Waals surface area contributed by atoms with Crippen molar-refractivity contribution in [2.24, 2.45) is 0 Å². The molecule has 1 aromatic carbocycles. The van der Waals surface area contributed by atoms with Gasteiger partial charge in [-0.25, -0.2) is 0 Å². The molecule has 0 fully saturated rings. The Bertz CT molecular complexity index is 270. The second-order valence-corrected chi connectivity index (χ2v) is 2.02. The number of alkyl halides is 1. The predicted molar refractivity (Wildman–Crippen MR) is 42.6 cm³/mol. The van der Waals surface area contributed by atoms with Crippen molar-refractivity contribution in [3.8, 4) is 5.75 Å². The first-order chi connectivity index (χ1) is 5.54. The van der Waals surface area contributed by atoms with Crippen LogP contribution >= 0.6 is 11.6 Å². The third-order valence-corrected chi connectivity index (χ3v) is 1.40. The summed E-state index contributed by atoms with van der Waals surface area (Å²) in [5.41, 5.74) is 0.406. The van der Waals surface area contributed by atoms with Crippen LogP contribution in [0.5, 0.6) is 5.75 Å². The minimum Gasteiger partial charge on any atom is -0.497 e. The molecular formula is C8H9ClO. The van der Waals surface area contributed by atoms with Gasteiger partial charge in [0.2, 0.25) is 0 Å². The van der Waals surface area contributed by atoms with E-state index in [-0.39, 0.29) is 0 Å². The van der Waals surface area contributed by atoms with Crippen LogP contribution in [-0.2, 0) is 5.83 Å². The SMILES string of the molecule is [2H]C([2H])(Cl)c1cccc(OC)c1. The highest BCUT2D eigenvalue weighted by Gasteiger charge is 1.91. The quantitative estimate of drug-likeness (QED) is 0.601. The van der Waals surface area contributed by atoms with E-state index in [1.54, 1.807) is 24.3 Å². The van der Waals surface area contributed by atoms with Gasteiger partial charge in [-0.3, -0.25) is 0 Å². The number of halogens is 1. The van der Waals surface area contributed by atoms with E-state index in [0.29, 0.717) is 11.3 Å². The zero-order valence-electron chi connectivity index (χ0n) is 7.60. The smallest absolute Gasteiger partial charge is 0.119 e. The summed E-state index contributed by atoms with van der Waals surface area (Å²) in [5, 5.41) is 0. The van der Waals surface area contributed by atoms with Crippen molar-refractivity contribution in [2.75, 3.05) is 7.11 Å². The lowest BCUT2D eigenvalue weighted by Gasteiger charge is -1.99. The van der Waals surface area contributed by atoms with Gasteiger partial charge in [-0.05, 0) is 17.7 Å². The van der Waals surface area contributed by atoms with Gasteiger partial charge in [-0.1, -0.05) is 12.1 Å². The Hall–Kier alpha value is -0.690. The van der Waals surface area contributed by atoms with E-state index in [4.69, 9.17) is 19.1 Å². The fraction of sp³-hybridized carbons (Fsp3) is 0.250. The third kappa shape index (κ3) is 1.64. The Kier molecular flexibility index (Phi) is 1.74. The van der Waals surface area contributed by atoms with Crippen LogP contribution in [0.25, 0.3) is 0 Å². The van der Waals surface area contributed by atoms with Crippen LogP contribution < -0.4 is 4.74 Å². The standard InChI is InChI=1S/C8H9ClO/c1-10-8-4-2-3-7(5-8)6-9/h2-5H,6H2,1H3/i6D2. The van der Waals surface area contributed by atoms with Crippen LogP contribution in [-0.4, -0.2) is 7.11 Å². The lowest BCUT2D eigenvalue weighted by molar-refractivity contribution is 0.414. The molecule has 0 heterocycles. The molecule has 1 nitrogen and oxygen atoms in total. The van der Waals surface area contributed by atoms with Crippen molar-refractivity contribution < 1.29 is 7.48 Å². The summed E-state index contributed by atoms with van der Waals surface area (Å²) in [4.78, 5) is 0. The van der Waals surface area contributed by atoms with E-state index in [9.17, 15) is 0 Å². The number of benzene rings is 1. The molecule has 0 atom stereocenters. The van der Waals surface area contributed by atoms with Crippen molar-refractivity contribution >= 4 is 11.6 Å². The molecule has 0 radical (unpaired) electrons. The van der Waals surface area contributed by atoms with Crippen molar-refractivity contribution in [1.29, 1.82) is 0 Å². The molecule has 0 aliphatic heterocycles. The van der Waals surface area contributed by atoms with Crippen LogP contribution in [0.2, 0.25) is 0 Å². The van der Waals surface area contributed by atoms with E-state index >= 15 is 0 Å². The molecule has 0 amide bonds. The molecule has 1 aromatic rings. The fourth-order valence-electron chi connectivity index (χ4n) is 0.682. The minimum absolute atomic E-state index is 0.406. The molecule has 0 N–H and O–H groups in total. The molecule has 54 valence electrons. The summed E-state index contributed by atoms with van der Waals surface area (Å²) < 4.78 is 19.4. The van der Waals surface area contributed by atoms with Crippen molar-refractivity contribution in [3.63, 3.8) is 0 Å². The molecule has 0 aliphatic rings. The summed E-state index contributed by atoms with van der Waals surface area (Å²) in [6, 6.07) is 6.64. The maximum atomic E-state index is 7.22. The molecule has 0 unspecified atom stereocenters. The van der Waals surface area contributed by atoms with Crippen molar-refractivity contribution in [2.45, 2.75) is 5.83 Å². The summed E-state index contributed by atoms with van der Waals surface area (Å²) in [6.45, 7) is 0. The van der Waals surface area contributed by atoms with E-state index in [2.05, 4.69) is 0 Å². The average Bonchev–Trinajstić information content (AvgIpc) is 2.03. The van der Waals surface area contributed by atoms with Gasteiger partial charge < -0.3 is 4.74 Å².